The highest BCUT2D eigenvalue weighted by atomic mass is 19.4. The van der Waals surface area contributed by atoms with Crippen LogP contribution in [0, 0.1) is 0 Å². The average Bonchev–Trinajstić information content (AvgIpc) is 2.97. The number of hydrogen-bond acceptors (Lipinski definition) is 5. The van der Waals surface area contributed by atoms with E-state index < -0.39 is 6.36 Å². The van der Waals surface area contributed by atoms with Gasteiger partial charge in [0.2, 0.25) is 0 Å². The molecule has 0 radical (unpaired) electrons. The number of benzene rings is 2. The summed E-state index contributed by atoms with van der Waals surface area (Å²) in [6.07, 6.45) is -3.05. The fraction of sp³-hybridized carbons (Fsp3) is 0.133. The molecule has 3 rings (SSSR count). The summed E-state index contributed by atoms with van der Waals surface area (Å²) in [4.78, 5) is 1.89. The normalized spacial score (nSPS) is 14.4. The van der Waals surface area contributed by atoms with E-state index in [1.54, 1.807) is 23.5 Å². The van der Waals surface area contributed by atoms with Crippen LogP contribution < -0.4 is 20.4 Å². The Bertz CT molecular complexity index is 698. The van der Waals surface area contributed by atoms with E-state index in [2.05, 4.69) is 9.84 Å². The van der Waals surface area contributed by atoms with Gasteiger partial charge in [-0.2, -0.15) is 5.10 Å². The molecule has 0 unspecified atom stereocenters. The third-order valence-corrected chi connectivity index (χ3v) is 3.21. The maximum atomic E-state index is 12.1. The number of hydrogen-bond donors (Lipinski definition) is 1. The van der Waals surface area contributed by atoms with Crippen molar-refractivity contribution in [2.24, 2.45) is 5.10 Å². The zero-order chi connectivity index (χ0) is 16.4. The van der Waals surface area contributed by atoms with Crippen LogP contribution in [0.3, 0.4) is 0 Å². The second kappa shape index (κ2) is 5.71. The molecule has 1 heterocycles. The Morgan fingerprint density at radius 3 is 2.17 bits per heavy atom. The van der Waals surface area contributed by atoms with Gasteiger partial charge in [0.15, 0.2) is 0 Å². The Morgan fingerprint density at radius 2 is 1.57 bits per heavy atom. The molecule has 120 valence electrons. The quantitative estimate of drug-likeness (QED) is 0.880. The Morgan fingerprint density at radius 1 is 0.957 bits per heavy atom. The topological polar surface area (TPSA) is 54.1 Å². The van der Waals surface area contributed by atoms with Gasteiger partial charge in [-0.25, -0.2) is 5.01 Å². The second-order valence-electron chi connectivity index (χ2n) is 4.87. The lowest BCUT2D eigenvalue weighted by molar-refractivity contribution is -0.274. The van der Waals surface area contributed by atoms with Crippen LogP contribution >= 0.6 is 0 Å². The molecule has 1 aliphatic heterocycles. The van der Waals surface area contributed by atoms with Gasteiger partial charge in [-0.15, -0.1) is 13.2 Å². The van der Waals surface area contributed by atoms with Gasteiger partial charge in [0, 0.05) is 11.4 Å². The fourth-order valence-corrected chi connectivity index (χ4v) is 2.12. The molecule has 23 heavy (non-hydrogen) atoms. The minimum absolute atomic E-state index is 0.264. The number of halogens is 3. The van der Waals surface area contributed by atoms with Crippen molar-refractivity contribution in [3.05, 3.63) is 48.5 Å². The van der Waals surface area contributed by atoms with E-state index in [9.17, 15) is 13.2 Å². The summed E-state index contributed by atoms with van der Waals surface area (Å²) < 4.78 is 40.3. The zero-order valence-electron chi connectivity index (χ0n) is 11.9. The molecule has 2 aromatic carbocycles. The van der Waals surface area contributed by atoms with Crippen molar-refractivity contribution < 1.29 is 17.9 Å². The summed E-state index contributed by atoms with van der Waals surface area (Å²) in [5.41, 5.74) is 7.90. The Kier molecular flexibility index (Phi) is 3.73. The van der Waals surface area contributed by atoms with E-state index in [1.165, 1.54) is 24.3 Å². The summed E-state index contributed by atoms with van der Waals surface area (Å²) in [6, 6.07) is 12.9. The molecule has 0 saturated carbocycles. The minimum Gasteiger partial charge on any atom is -0.406 e. The van der Waals surface area contributed by atoms with Crippen molar-refractivity contribution >= 4 is 23.4 Å². The van der Waals surface area contributed by atoms with E-state index in [0.29, 0.717) is 18.0 Å². The SMILES string of the molecule is Nc1ccc(N2C=NN(c3ccc(OC(F)(F)F)cc3)C2)cc1. The number of nitrogens with two attached hydrogens (primary N) is 1. The van der Waals surface area contributed by atoms with Crippen LogP contribution in [0.2, 0.25) is 0 Å². The highest BCUT2D eigenvalue weighted by Gasteiger charge is 2.31. The standard InChI is InChI=1S/C15H13F3N4O/c16-15(17,18)23-14-7-5-13(6-8-14)22-10-21(9-20-22)12-3-1-11(19)2-4-12/h1-9H,10,19H2. The summed E-state index contributed by atoms with van der Waals surface area (Å²) in [5, 5.41) is 5.89. The molecule has 2 aromatic rings. The Labute approximate surface area is 130 Å². The predicted molar refractivity (Wildman–Crippen MR) is 82.3 cm³/mol. The maximum absolute atomic E-state index is 12.1. The summed E-state index contributed by atoms with van der Waals surface area (Å²) >= 11 is 0. The molecule has 0 saturated heterocycles. The van der Waals surface area contributed by atoms with Crippen molar-refractivity contribution in [2.45, 2.75) is 6.36 Å². The van der Waals surface area contributed by atoms with Gasteiger partial charge < -0.3 is 15.4 Å². The molecular formula is C15H13F3N4O. The molecule has 2 N–H and O–H groups in total. The average molecular weight is 322 g/mol. The molecule has 0 atom stereocenters. The molecule has 0 bridgehead atoms. The molecule has 0 aromatic heterocycles. The van der Waals surface area contributed by atoms with Crippen LogP contribution in [0.5, 0.6) is 5.75 Å². The largest absolute Gasteiger partial charge is 0.573 e. The molecule has 0 spiro atoms. The van der Waals surface area contributed by atoms with Crippen molar-refractivity contribution in [2.75, 3.05) is 22.3 Å². The lowest BCUT2D eigenvalue weighted by Crippen LogP contribution is -2.26. The molecule has 0 aliphatic carbocycles. The molecule has 5 nitrogen and oxygen atoms in total. The summed E-state index contributed by atoms with van der Waals surface area (Å²) in [5.74, 6) is -0.264. The van der Waals surface area contributed by atoms with Crippen molar-refractivity contribution in [1.29, 1.82) is 0 Å². The van der Waals surface area contributed by atoms with Gasteiger partial charge in [0.25, 0.3) is 0 Å². The lowest BCUT2D eigenvalue weighted by atomic mass is 10.2. The fourth-order valence-electron chi connectivity index (χ4n) is 2.12. The Hall–Kier alpha value is -2.90. The van der Waals surface area contributed by atoms with E-state index in [0.717, 1.165) is 5.69 Å². The van der Waals surface area contributed by atoms with Gasteiger partial charge in [-0.3, -0.25) is 0 Å². The van der Waals surface area contributed by atoms with Crippen LogP contribution in [0.1, 0.15) is 0 Å². The summed E-state index contributed by atoms with van der Waals surface area (Å²) in [6.45, 7) is 0.448. The first kappa shape index (κ1) is 15.0. The first-order valence-electron chi connectivity index (χ1n) is 6.70. The molecule has 8 heteroatoms. The van der Waals surface area contributed by atoms with Gasteiger partial charge in [0.1, 0.15) is 18.8 Å². The molecule has 1 aliphatic rings. The van der Waals surface area contributed by atoms with Gasteiger partial charge in [-0.05, 0) is 48.5 Å². The van der Waals surface area contributed by atoms with E-state index >= 15 is 0 Å². The maximum Gasteiger partial charge on any atom is 0.573 e. The number of anilines is 3. The number of alkyl halides is 3. The number of nitrogen functional groups attached to an aromatic ring is 1. The smallest absolute Gasteiger partial charge is 0.406 e. The van der Waals surface area contributed by atoms with Crippen LogP contribution in [0.15, 0.2) is 53.6 Å². The molecule has 0 fully saturated rings. The number of ether oxygens (including phenoxy) is 1. The Balaban J connectivity index is 1.67. The monoisotopic (exact) mass is 322 g/mol. The summed E-state index contributed by atoms with van der Waals surface area (Å²) in [7, 11) is 0. The van der Waals surface area contributed by atoms with Gasteiger partial charge >= 0.3 is 6.36 Å². The molecular weight excluding hydrogens is 309 g/mol. The first-order valence-corrected chi connectivity index (χ1v) is 6.70. The lowest BCUT2D eigenvalue weighted by Gasteiger charge is -2.19. The van der Waals surface area contributed by atoms with Crippen LogP contribution in [0.4, 0.5) is 30.2 Å². The highest BCUT2D eigenvalue weighted by molar-refractivity contribution is 5.83. The zero-order valence-corrected chi connectivity index (χ0v) is 11.9. The van der Waals surface area contributed by atoms with Crippen LogP contribution in [-0.4, -0.2) is 19.4 Å². The first-order chi connectivity index (χ1) is 10.9. The van der Waals surface area contributed by atoms with Gasteiger partial charge in [0.05, 0.1) is 5.69 Å². The number of nitrogens with zero attached hydrogens (tertiary/aromatic N) is 3. The number of rotatable bonds is 3. The highest BCUT2D eigenvalue weighted by Crippen LogP contribution is 2.27. The van der Waals surface area contributed by atoms with Crippen LogP contribution in [0.25, 0.3) is 0 Å². The van der Waals surface area contributed by atoms with Crippen molar-refractivity contribution in [3.8, 4) is 5.75 Å². The second-order valence-corrected chi connectivity index (χ2v) is 4.87. The third kappa shape index (κ3) is 3.65. The van der Waals surface area contributed by atoms with Crippen molar-refractivity contribution in [1.82, 2.24) is 0 Å². The third-order valence-electron chi connectivity index (χ3n) is 3.21. The molecule has 0 amide bonds. The minimum atomic E-state index is -4.70. The predicted octanol–water partition coefficient (Wildman–Crippen LogP) is 3.39. The number of hydrazone groups is 1. The van der Waals surface area contributed by atoms with E-state index in [1.807, 2.05) is 17.0 Å². The van der Waals surface area contributed by atoms with Crippen LogP contribution in [-0.2, 0) is 0 Å². The van der Waals surface area contributed by atoms with E-state index in [-0.39, 0.29) is 5.75 Å². The van der Waals surface area contributed by atoms with E-state index in [4.69, 9.17) is 5.73 Å². The van der Waals surface area contributed by atoms with Crippen molar-refractivity contribution in [3.63, 3.8) is 0 Å². The van der Waals surface area contributed by atoms with Gasteiger partial charge in [-0.1, -0.05) is 0 Å².